The average molecular weight is 792 g/mol. The van der Waals surface area contributed by atoms with E-state index >= 15 is 0 Å². The van der Waals surface area contributed by atoms with Gasteiger partial charge in [-0.15, -0.1) is 20.5 Å². The highest BCUT2D eigenvalue weighted by atomic mass is 32.2. The van der Waals surface area contributed by atoms with E-state index in [-0.39, 0.29) is 27.9 Å². The molecule has 6 aromatic rings. The van der Waals surface area contributed by atoms with Crippen molar-refractivity contribution in [2.75, 3.05) is 5.32 Å². The summed E-state index contributed by atoms with van der Waals surface area (Å²) in [6.45, 7) is 0. The normalized spacial score (nSPS) is 12.2. The van der Waals surface area contributed by atoms with E-state index in [1.807, 2.05) is 0 Å². The lowest BCUT2D eigenvalue weighted by atomic mass is 10.1. The Morgan fingerprint density at radius 1 is 0.545 bits per heavy atom. The van der Waals surface area contributed by atoms with Gasteiger partial charge >= 0.3 is 5.69 Å². The summed E-state index contributed by atoms with van der Waals surface area (Å²) in [7, 11) is -10.4. The topological polar surface area (TPSA) is 337 Å². The lowest BCUT2D eigenvalue weighted by Crippen LogP contribution is -2.00. The number of nitro benzene ring substituents is 2. The fourth-order valence-electron chi connectivity index (χ4n) is 5.27. The largest absolute Gasteiger partial charge is 0.505 e. The number of benzene rings is 6. The van der Waals surface area contributed by atoms with Gasteiger partial charge in [-0.2, -0.15) is 16.8 Å². The summed E-state index contributed by atoms with van der Waals surface area (Å²) in [5, 5.41) is 83.4. The minimum absolute atomic E-state index is 0.00765. The number of anilines is 2. The number of non-ortho nitro benzene ring substituents is 1. The Hall–Kier alpha value is -7.34. The van der Waals surface area contributed by atoms with E-state index < -0.39 is 79.9 Å². The molecule has 0 saturated heterocycles. The first-order chi connectivity index (χ1) is 25.8. The molecule has 7 N–H and O–H groups in total. The van der Waals surface area contributed by atoms with Gasteiger partial charge in [-0.25, -0.2) is 0 Å². The zero-order valence-electron chi connectivity index (χ0n) is 27.0. The minimum atomic E-state index is -5.21. The molecule has 6 rings (SSSR count). The third-order valence-electron chi connectivity index (χ3n) is 7.83. The van der Waals surface area contributed by atoms with Crippen molar-refractivity contribution in [1.29, 1.82) is 0 Å². The Bertz CT molecular complexity index is 2920. The predicted octanol–water partition coefficient (Wildman–Crippen LogP) is 7.70. The Morgan fingerprint density at radius 2 is 1.13 bits per heavy atom. The van der Waals surface area contributed by atoms with Crippen molar-refractivity contribution in [2.24, 2.45) is 20.5 Å². The van der Waals surface area contributed by atoms with Crippen LogP contribution in [0.15, 0.2) is 115 Å². The number of nitrogens with zero attached hydrogens (tertiary/aromatic N) is 6. The van der Waals surface area contributed by atoms with Crippen molar-refractivity contribution in [1.82, 2.24) is 0 Å². The summed E-state index contributed by atoms with van der Waals surface area (Å²) >= 11 is 0. The van der Waals surface area contributed by atoms with Crippen LogP contribution in [0.4, 0.5) is 45.5 Å². The van der Waals surface area contributed by atoms with Crippen LogP contribution in [-0.4, -0.2) is 56.2 Å². The van der Waals surface area contributed by atoms with Crippen LogP contribution in [0.1, 0.15) is 0 Å². The molecule has 0 atom stereocenters. The van der Waals surface area contributed by atoms with Crippen molar-refractivity contribution in [3.05, 3.63) is 105 Å². The SMILES string of the molecule is O=[N+]([O-])c1cc(N=Nc2c(S(=O)(=O)O)cc3cc(Nc4ccc5c(O)c(N=Nc6cccc([N+](=O)[O-])c6O)ccc5c4)ccc3c2O)c(O)c(S(=O)(=O)O)c1. The van der Waals surface area contributed by atoms with Crippen molar-refractivity contribution < 1.29 is 56.2 Å². The maximum atomic E-state index is 12.4. The molecule has 280 valence electrons. The quantitative estimate of drug-likeness (QED) is 0.0302. The first-order valence-corrected chi connectivity index (χ1v) is 17.8. The molecule has 0 heterocycles. The first kappa shape index (κ1) is 37.4. The van der Waals surface area contributed by atoms with Crippen LogP contribution in [0, 0.1) is 20.2 Å². The molecule has 55 heavy (non-hydrogen) atoms. The fourth-order valence-corrected chi connectivity index (χ4v) is 6.54. The molecule has 0 aliphatic carbocycles. The van der Waals surface area contributed by atoms with Gasteiger partial charge in [0.2, 0.25) is 5.75 Å². The van der Waals surface area contributed by atoms with E-state index in [2.05, 4.69) is 25.8 Å². The molecule has 0 aliphatic heterocycles. The van der Waals surface area contributed by atoms with Gasteiger partial charge < -0.3 is 25.7 Å². The molecule has 0 spiro atoms. The molecule has 6 aromatic carbocycles. The van der Waals surface area contributed by atoms with Crippen LogP contribution in [0.5, 0.6) is 23.0 Å². The molecule has 0 unspecified atom stereocenters. The molecule has 0 bridgehead atoms. The summed E-state index contributed by atoms with van der Waals surface area (Å²) in [4.78, 5) is 18.2. The van der Waals surface area contributed by atoms with Crippen LogP contribution in [-0.2, 0) is 20.2 Å². The van der Waals surface area contributed by atoms with Crippen molar-refractivity contribution >= 4 is 87.3 Å². The van der Waals surface area contributed by atoms with Crippen LogP contribution in [0.25, 0.3) is 21.5 Å². The number of aromatic hydroxyl groups is 4. The fraction of sp³-hybridized carbons (Fsp3) is 0. The Kier molecular flexibility index (Phi) is 9.46. The molecular formula is C32H21N7O14S2. The van der Waals surface area contributed by atoms with E-state index in [1.54, 1.807) is 18.2 Å². The molecular weight excluding hydrogens is 771 g/mol. The number of phenols is 4. The summed E-state index contributed by atoms with van der Waals surface area (Å²) < 4.78 is 67.5. The summed E-state index contributed by atoms with van der Waals surface area (Å²) in [6.07, 6.45) is 0. The molecule has 0 amide bonds. The maximum Gasteiger partial charge on any atom is 0.313 e. The monoisotopic (exact) mass is 791 g/mol. The van der Waals surface area contributed by atoms with Gasteiger partial charge in [0, 0.05) is 40.3 Å². The lowest BCUT2D eigenvalue weighted by Gasteiger charge is -2.12. The van der Waals surface area contributed by atoms with E-state index in [1.165, 1.54) is 42.5 Å². The second-order valence-electron chi connectivity index (χ2n) is 11.3. The molecule has 0 fully saturated rings. The highest BCUT2D eigenvalue weighted by Gasteiger charge is 2.26. The highest BCUT2D eigenvalue weighted by molar-refractivity contribution is 7.86. The molecule has 21 nitrogen and oxygen atoms in total. The lowest BCUT2D eigenvalue weighted by molar-refractivity contribution is -0.385. The Morgan fingerprint density at radius 3 is 1.73 bits per heavy atom. The minimum Gasteiger partial charge on any atom is -0.505 e. The number of azo groups is 2. The molecule has 0 saturated carbocycles. The summed E-state index contributed by atoms with van der Waals surface area (Å²) in [6, 6.07) is 17.5. The van der Waals surface area contributed by atoms with Crippen LogP contribution >= 0.6 is 0 Å². The zero-order valence-corrected chi connectivity index (χ0v) is 28.7. The Balaban J connectivity index is 1.32. The van der Waals surface area contributed by atoms with Crippen molar-refractivity contribution in [2.45, 2.75) is 9.79 Å². The van der Waals surface area contributed by atoms with Gasteiger partial charge in [0.05, 0.1) is 9.85 Å². The van der Waals surface area contributed by atoms with E-state index in [9.17, 15) is 66.6 Å². The average Bonchev–Trinajstić information content (AvgIpc) is 3.10. The number of para-hydroxylation sites is 1. The van der Waals surface area contributed by atoms with Gasteiger partial charge in [-0.1, -0.05) is 12.1 Å². The zero-order chi connectivity index (χ0) is 40.0. The number of nitrogens with one attached hydrogen (secondary N) is 1. The number of nitro groups is 2. The van der Waals surface area contributed by atoms with E-state index in [0.29, 0.717) is 34.3 Å². The molecule has 0 aromatic heterocycles. The molecule has 0 aliphatic rings. The second kappa shape index (κ2) is 13.9. The smallest absolute Gasteiger partial charge is 0.313 e. The number of hydrogen-bond acceptors (Lipinski definition) is 17. The Labute approximate surface area is 306 Å². The highest BCUT2D eigenvalue weighted by Crippen LogP contribution is 2.45. The molecule has 0 radical (unpaired) electrons. The third kappa shape index (κ3) is 7.46. The summed E-state index contributed by atoms with van der Waals surface area (Å²) in [5.74, 6) is -3.12. The van der Waals surface area contributed by atoms with Gasteiger partial charge in [-0.05, 0) is 65.4 Å². The van der Waals surface area contributed by atoms with Crippen LogP contribution in [0.3, 0.4) is 0 Å². The van der Waals surface area contributed by atoms with Crippen molar-refractivity contribution in [3.8, 4) is 23.0 Å². The molecule has 23 heteroatoms. The van der Waals surface area contributed by atoms with Crippen LogP contribution < -0.4 is 5.32 Å². The second-order valence-corrected chi connectivity index (χ2v) is 14.1. The number of hydrogen-bond donors (Lipinski definition) is 7. The predicted molar refractivity (Wildman–Crippen MR) is 192 cm³/mol. The maximum absolute atomic E-state index is 12.4. The standard InChI is InChI=1S/C32H21N7O14S2/c40-29-20-7-5-17(10-15(20)4-9-23(29)35-34-22-2-1-3-25(31(22)42)39(46)47)33-18-6-8-21-16(11-18)12-26(54(48,49)50)28(30(21)41)37-36-24-13-19(38(44)45)14-27(32(24)43)55(51,52)53/h1-14,33,40-43H,(H,48,49,50)(H,51,52,53). The van der Waals surface area contributed by atoms with E-state index in [4.69, 9.17) is 0 Å². The van der Waals surface area contributed by atoms with Gasteiger partial charge in [0.15, 0.2) is 17.2 Å². The van der Waals surface area contributed by atoms with Gasteiger partial charge in [0.25, 0.3) is 25.9 Å². The first-order valence-electron chi connectivity index (χ1n) is 14.9. The van der Waals surface area contributed by atoms with Crippen LogP contribution in [0.2, 0.25) is 0 Å². The van der Waals surface area contributed by atoms with Gasteiger partial charge in [0.1, 0.15) is 32.5 Å². The van der Waals surface area contributed by atoms with Gasteiger partial charge in [-0.3, -0.25) is 29.3 Å². The summed E-state index contributed by atoms with van der Waals surface area (Å²) in [5.41, 5.74) is -2.71. The third-order valence-corrected chi connectivity index (χ3v) is 9.56. The van der Waals surface area contributed by atoms with E-state index in [0.717, 1.165) is 12.1 Å². The number of phenolic OH excluding ortho intramolecular Hbond substituents is 4. The number of rotatable bonds is 10. The van der Waals surface area contributed by atoms with Crippen molar-refractivity contribution in [3.63, 3.8) is 0 Å². The number of fused-ring (bicyclic) bond motifs is 2.